The highest BCUT2D eigenvalue weighted by molar-refractivity contribution is 6.88. The zero-order valence-corrected chi connectivity index (χ0v) is 23.4. The number of fused-ring (bicyclic) bond motifs is 8. The molecule has 8 aromatic rings. The second-order valence-electron chi connectivity index (χ2n) is 11.7. The van der Waals surface area contributed by atoms with E-state index < -0.39 is 0 Å². The van der Waals surface area contributed by atoms with Gasteiger partial charge in [-0.25, -0.2) is 0 Å². The molecule has 0 unspecified atom stereocenters. The Balaban J connectivity index is 1.37. The van der Waals surface area contributed by atoms with Crippen LogP contribution in [0.2, 0.25) is 0 Å². The summed E-state index contributed by atoms with van der Waals surface area (Å²) < 4.78 is 2.63. The van der Waals surface area contributed by atoms with Crippen molar-refractivity contribution < 1.29 is 0 Å². The first-order valence-electron chi connectivity index (χ1n) is 15.0. The lowest BCUT2D eigenvalue weighted by Crippen LogP contribution is -2.53. The van der Waals surface area contributed by atoms with Gasteiger partial charge >= 0.3 is 6.85 Å². The Bertz CT molecular complexity index is 2420. The van der Waals surface area contributed by atoms with Crippen molar-refractivity contribution in [1.29, 1.82) is 0 Å². The molecular formula is C40H25BN2. The van der Waals surface area contributed by atoms with Crippen LogP contribution in [0.25, 0.3) is 54.8 Å². The summed E-state index contributed by atoms with van der Waals surface area (Å²) in [6.45, 7) is 0.156. The summed E-state index contributed by atoms with van der Waals surface area (Å²) in [6.07, 6.45) is 0. The minimum Gasteiger partial charge on any atom is -0.375 e. The molecule has 0 saturated heterocycles. The molecule has 0 amide bonds. The number of benzene rings is 7. The Labute approximate surface area is 250 Å². The number of anilines is 3. The van der Waals surface area contributed by atoms with Crippen molar-refractivity contribution in [1.82, 2.24) is 4.48 Å². The minimum atomic E-state index is 0.156. The molecule has 0 spiro atoms. The van der Waals surface area contributed by atoms with Crippen LogP contribution in [0.1, 0.15) is 0 Å². The normalized spacial score (nSPS) is 12.6. The SMILES string of the molecule is c1ccc(N(c2cc3c4c(c2)c2cccc5c2n4B(c2ccccc2-5)c2ccccc2-3)c2cccc3ccccc23)cc1. The highest BCUT2D eigenvalue weighted by Gasteiger charge is 2.39. The molecule has 0 atom stereocenters. The van der Waals surface area contributed by atoms with Crippen LogP contribution in [0.5, 0.6) is 0 Å². The third kappa shape index (κ3) is 3.03. The summed E-state index contributed by atoms with van der Waals surface area (Å²) in [5.74, 6) is 0. The molecule has 2 nitrogen and oxygen atoms in total. The second-order valence-corrected chi connectivity index (χ2v) is 11.7. The van der Waals surface area contributed by atoms with Gasteiger partial charge in [0.2, 0.25) is 0 Å². The first-order valence-corrected chi connectivity index (χ1v) is 15.0. The van der Waals surface area contributed by atoms with Gasteiger partial charge in [-0.05, 0) is 57.8 Å². The molecule has 3 heteroatoms. The minimum absolute atomic E-state index is 0.156. The zero-order valence-electron chi connectivity index (χ0n) is 23.4. The summed E-state index contributed by atoms with van der Waals surface area (Å²) in [5.41, 5.74) is 14.2. The molecule has 1 aromatic heterocycles. The molecule has 198 valence electrons. The maximum atomic E-state index is 2.63. The monoisotopic (exact) mass is 544 g/mol. The molecule has 0 aliphatic carbocycles. The third-order valence-corrected chi connectivity index (χ3v) is 9.53. The zero-order chi connectivity index (χ0) is 28.1. The van der Waals surface area contributed by atoms with Crippen LogP contribution in [0.15, 0.2) is 152 Å². The van der Waals surface area contributed by atoms with Gasteiger partial charge in [0.25, 0.3) is 0 Å². The van der Waals surface area contributed by atoms with Crippen LogP contribution in [0.3, 0.4) is 0 Å². The van der Waals surface area contributed by atoms with Crippen molar-refractivity contribution in [2.24, 2.45) is 0 Å². The summed E-state index contributed by atoms with van der Waals surface area (Å²) in [4.78, 5) is 2.44. The topological polar surface area (TPSA) is 8.17 Å². The van der Waals surface area contributed by atoms with E-state index in [0.29, 0.717) is 0 Å². The van der Waals surface area contributed by atoms with Gasteiger partial charge in [-0.1, -0.05) is 121 Å². The van der Waals surface area contributed by atoms with Crippen molar-refractivity contribution in [3.8, 4) is 22.3 Å². The van der Waals surface area contributed by atoms with Crippen molar-refractivity contribution in [2.45, 2.75) is 0 Å². The predicted molar refractivity (Wildman–Crippen MR) is 183 cm³/mol. The van der Waals surface area contributed by atoms with E-state index in [-0.39, 0.29) is 6.85 Å². The van der Waals surface area contributed by atoms with Crippen LogP contribution < -0.4 is 15.8 Å². The number of hydrogen-bond donors (Lipinski definition) is 0. The summed E-state index contributed by atoms with van der Waals surface area (Å²) in [6, 6.07) is 55.8. The summed E-state index contributed by atoms with van der Waals surface area (Å²) in [5, 5.41) is 5.09. The van der Waals surface area contributed by atoms with Crippen molar-refractivity contribution in [2.75, 3.05) is 4.90 Å². The van der Waals surface area contributed by atoms with Gasteiger partial charge in [0.05, 0.1) is 5.69 Å². The molecule has 0 fully saturated rings. The van der Waals surface area contributed by atoms with E-state index in [2.05, 4.69) is 161 Å². The van der Waals surface area contributed by atoms with Gasteiger partial charge in [-0.3, -0.25) is 0 Å². The number of aromatic nitrogens is 1. The van der Waals surface area contributed by atoms with Crippen molar-refractivity contribution >= 4 is 67.4 Å². The average molecular weight is 544 g/mol. The Hall–Kier alpha value is -5.54. The fourth-order valence-corrected chi connectivity index (χ4v) is 7.84. The Morgan fingerprint density at radius 3 is 1.86 bits per heavy atom. The first kappa shape index (κ1) is 23.1. The molecule has 0 bridgehead atoms. The highest BCUT2D eigenvalue weighted by atomic mass is 15.1. The smallest absolute Gasteiger partial charge is 0.329 e. The van der Waals surface area contributed by atoms with Gasteiger partial charge < -0.3 is 9.38 Å². The fraction of sp³-hybridized carbons (Fsp3) is 0. The Morgan fingerprint density at radius 1 is 0.419 bits per heavy atom. The lowest BCUT2D eigenvalue weighted by molar-refractivity contribution is 1.29. The number of nitrogens with zero attached hydrogens (tertiary/aromatic N) is 2. The molecule has 43 heavy (non-hydrogen) atoms. The molecule has 2 aliphatic rings. The number of para-hydroxylation sites is 2. The van der Waals surface area contributed by atoms with E-state index in [1.54, 1.807) is 0 Å². The molecule has 0 saturated carbocycles. The third-order valence-electron chi connectivity index (χ3n) is 9.53. The lowest BCUT2D eigenvalue weighted by atomic mass is 9.45. The maximum Gasteiger partial charge on any atom is 0.329 e. The van der Waals surface area contributed by atoms with Gasteiger partial charge in [0.15, 0.2) is 0 Å². The van der Waals surface area contributed by atoms with E-state index >= 15 is 0 Å². The quantitative estimate of drug-likeness (QED) is 0.202. The predicted octanol–water partition coefficient (Wildman–Crippen LogP) is 9.03. The average Bonchev–Trinajstić information content (AvgIpc) is 3.41. The van der Waals surface area contributed by atoms with Crippen molar-refractivity contribution in [3.63, 3.8) is 0 Å². The molecule has 3 heterocycles. The van der Waals surface area contributed by atoms with Crippen LogP contribution >= 0.6 is 0 Å². The summed E-state index contributed by atoms with van der Waals surface area (Å²) in [7, 11) is 0. The fourth-order valence-electron chi connectivity index (χ4n) is 7.84. The molecule has 7 aromatic carbocycles. The van der Waals surface area contributed by atoms with Crippen LogP contribution in [0, 0.1) is 0 Å². The van der Waals surface area contributed by atoms with Gasteiger partial charge in [-0.15, -0.1) is 0 Å². The summed E-state index contributed by atoms with van der Waals surface area (Å²) >= 11 is 0. The lowest BCUT2D eigenvalue weighted by Gasteiger charge is -2.33. The Morgan fingerprint density at radius 2 is 1.02 bits per heavy atom. The van der Waals surface area contributed by atoms with Gasteiger partial charge in [0, 0.05) is 49.7 Å². The van der Waals surface area contributed by atoms with E-state index in [9.17, 15) is 0 Å². The molecule has 0 N–H and O–H groups in total. The van der Waals surface area contributed by atoms with Crippen LogP contribution in [-0.2, 0) is 0 Å². The number of rotatable bonds is 3. The first-order chi connectivity index (χ1) is 21.4. The van der Waals surface area contributed by atoms with E-state index in [0.717, 1.165) is 5.69 Å². The Kier molecular flexibility index (Phi) is 4.56. The number of hydrogen-bond acceptors (Lipinski definition) is 1. The van der Waals surface area contributed by atoms with Crippen molar-refractivity contribution in [3.05, 3.63) is 152 Å². The molecule has 10 rings (SSSR count). The van der Waals surface area contributed by atoms with Gasteiger partial charge in [0.1, 0.15) is 0 Å². The molecule has 2 aliphatic heterocycles. The maximum absolute atomic E-state index is 2.63. The molecule has 0 radical (unpaired) electrons. The van der Waals surface area contributed by atoms with E-state index in [1.165, 1.54) is 77.1 Å². The standard InChI is InChI=1S/C40H25BN2/c1-2-14-27(15-3-1)42(38-23-10-13-26-12-4-5-16-29(26)38)28-24-34-31-18-7-9-22-37(31)41-36-21-8-6-17-30(36)32-19-11-20-33-35(25-28)40(34)43(41)39(32)33/h1-25H. The largest absolute Gasteiger partial charge is 0.375 e. The van der Waals surface area contributed by atoms with E-state index in [1.807, 2.05) is 0 Å². The second kappa shape index (κ2) is 8.50. The molecular weight excluding hydrogens is 519 g/mol. The van der Waals surface area contributed by atoms with E-state index in [4.69, 9.17) is 0 Å². The van der Waals surface area contributed by atoms with Gasteiger partial charge in [-0.2, -0.15) is 0 Å². The highest BCUT2D eigenvalue weighted by Crippen LogP contribution is 2.48. The van der Waals surface area contributed by atoms with Crippen LogP contribution in [-0.4, -0.2) is 11.3 Å². The van der Waals surface area contributed by atoms with Crippen LogP contribution in [0.4, 0.5) is 17.1 Å².